The first-order chi connectivity index (χ1) is 13.2. The van der Waals surface area contributed by atoms with Gasteiger partial charge in [-0.05, 0) is 54.8 Å². The number of fused-ring (bicyclic) bond motifs is 1. The fourth-order valence-corrected chi connectivity index (χ4v) is 3.75. The van der Waals surface area contributed by atoms with Crippen molar-refractivity contribution < 1.29 is 5.11 Å². The highest BCUT2D eigenvalue weighted by atomic mass is 16.3. The van der Waals surface area contributed by atoms with Crippen LogP contribution >= 0.6 is 0 Å². The largest absolute Gasteiger partial charge is 0.388 e. The van der Waals surface area contributed by atoms with Crippen molar-refractivity contribution in [2.45, 2.75) is 77.7 Å². The minimum Gasteiger partial charge on any atom is -0.388 e. The molecule has 0 saturated carbocycles. The second-order valence-electron chi connectivity index (χ2n) is 7.87. The third kappa shape index (κ3) is 8.02. The fourth-order valence-electron chi connectivity index (χ4n) is 3.75. The summed E-state index contributed by atoms with van der Waals surface area (Å²) in [6, 6.07) is 14.7. The van der Waals surface area contributed by atoms with Crippen molar-refractivity contribution in [2.24, 2.45) is 0 Å². The first-order valence-corrected chi connectivity index (χ1v) is 11.1. The molecule has 0 aromatic heterocycles. The summed E-state index contributed by atoms with van der Waals surface area (Å²) in [7, 11) is 0. The number of rotatable bonds is 14. The lowest BCUT2D eigenvalue weighted by Crippen LogP contribution is -2.28. The summed E-state index contributed by atoms with van der Waals surface area (Å²) < 4.78 is 0. The topological polar surface area (TPSA) is 23.5 Å². The Hall–Kier alpha value is -1.38. The van der Waals surface area contributed by atoms with E-state index >= 15 is 0 Å². The van der Waals surface area contributed by atoms with Gasteiger partial charge >= 0.3 is 0 Å². The van der Waals surface area contributed by atoms with Crippen LogP contribution in [0, 0.1) is 0 Å². The molecule has 2 nitrogen and oxygen atoms in total. The molecule has 2 aromatic rings. The van der Waals surface area contributed by atoms with E-state index in [1.54, 1.807) is 0 Å². The minimum absolute atomic E-state index is 0.372. The molecule has 0 amide bonds. The van der Waals surface area contributed by atoms with Crippen LogP contribution in [0.5, 0.6) is 0 Å². The van der Waals surface area contributed by atoms with E-state index in [0.717, 1.165) is 18.5 Å². The van der Waals surface area contributed by atoms with Crippen LogP contribution in [-0.4, -0.2) is 29.6 Å². The maximum absolute atomic E-state index is 10.7. The first kappa shape index (κ1) is 21.9. The van der Waals surface area contributed by atoms with Crippen molar-refractivity contribution in [1.29, 1.82) is 0 Å². The van der Waals surface area contributed by atoms with E-state index in [1.807, 2.05) is 0 Å². The first-order valence-electron chi connectivity index (χ1n) is 11.1. The number of hydrogen-bond acceptors (Lipinski definition) is 2. The number of aliphatic hydroxyl groups excluding tert-OH is 1. The average Bonchev–Trinajstić information content (AvgIpc) is 2.71. The van der Waals surface area contributed by atoms with Crippen molar-refractivity contribution in [2.75, 3.05) is 19.6 Å². The normalized spacial score (nSPS) is 12.7. The molecule has 0 aliphatic carbocycles. The van der Waals surface area contributed by atoms with Crippen LogP contribution in [0.25, 0.3) is 10.8 Å². The van der Waals surface area contributed by atoms with Gasteiger partial charge in [-0.25, -0.2) is 0 Å². The molecule has 0 bridgehead atoms. The van der Waals surface area contributed by atoms with Crippen molar-refractivity contribution in [3.05, 3.63) is 48.0 Å². The molecule has 0 aliphatic rings. The van der Waals surface area contributed by atoms with Crippen LogP contribution in [-0.2, 0) is 0 Å². The zero-order valence-corrected chi connectivity index (χ0v) is 17.5. The predicted molar refractivity (Wildman–Crippen MR) is 118 cm³/mol. The summed E-state index contributed by atoms with van der Waals surface area (Å²) in [5, 5.41) is 13.2. The molecule has 2 aromatic carbocycles. The van der Waals surface area contributed by atoms with E-state index in [9.17, 15) is 5.11 Å². The molecule has 1 N–H and O–H groups in total. The Labute approximate surface area is 166 Å². The second-order valence-corrected chi connectivity index (χ2v) is 7.87. The number of nitrogens with zero attached hydrogens (tertiary/aromatic N) is 1. The average molecular weight is 370 g/mol. The molecule has 0 aliphatic heterocycles. The Balaban J connectivity index is 1.85. The van der Waals surface area contributed by atoms with Gasteiger partial charge in [-0.2, -0.15) is 0 Å². The Morgan fingerprint density at radius 3 is 2.00 bits per heavy atom. The molecular formula is C25H39NO. The molecule has 1 atom stereocenters. The Morgan fingerprint density at radius 2 is 1.37 bits per heavy atom. The Kier molecular flexibility index (Phi) is 10.5. The number of hydrogen-bond donors (Lipinski definition) is 1. The van der Waals surface area contributed by atoms with E-state index in [-0.39, 0.29) is 6.10 Å². The predicted octanol–water partition coefficient (Wildman–Crippen LogP) is 6.73. The molecule has 0 heterocycles. The summed E-state index contributed by atoms with van der Waals surface area (Å²) in [6.45, 7) is 7.88. The van der Waals surface area contributed by atoms with Crippen LogP contribution in [0.1, 0.15) is 83.3 Å². The molecule has 27 heavy (non-hydrogen) atoms. The van der Waals surface area contributed by atoms with Crippen LogP contribution in [0.15, 0.2) is 42.5 Å². The molecule has 0 unspecified atom stereocenters. The maximum atomic E-state index is 10.7. The SMILES string of the molecule is CCCCCCN(CCCCCC)CC[C@@H](O)c1ccc2ccccc2c1. The lowest BCUT2D eigenvalue weighted by Gasteiger charge is -2.24. The van der Waals surface area contributed by atoms with E-state index in [2.05, 4.69) is 61.2 Å². The summed E-state index contributed by atoms with van der Waals surface area (Å²) in [6.07, 6.45) is 10.9. The van der Waals surface area contributed by atoms with Gasteiger partial charge in [0.25, 0.3) is 0 Å². The van der Waals surface area contributed by atoms with E-state index < -0.39 is 0 Å². The highest BCUT2D eigenvalue weighted by molar-refractivity contribution is 5.83. The van der Waals surface area contributed by atoms with E-state index in [1.165, 1.54) is 75.2 Å². The summed E-state index contributed by atoms with van der Waals surface area (Å²) in [5.74, 6) is 0. The van der Waals surface area contributed by atoms with Crippen molar-refractivity contribution in [3.63, 3.8) is 0 Å². The van der Waals surface area contributed by atoms with Gasteiger partial charge in [-0.3, -0.25) is 0 Å². The van der Waals surface area contributed by atoms with Crippen LogP contribution < -0.4 is 0 Å². The van der Waals surface area contributed by atoms with Gasteiger partial charge in [-0.1, -0.05) is 88.8 Å². The standard InChI is InChI=1S/C25H39NO/c1-3-5-7-11-18-26(19-12-8-6-4-2)20-17-25(27)24-16-15-22-13-9-10-14-23(22)21-24/h9-10,13-16,21,25,27H,3-8,11-12,17-20H2,1-2H3/t25-/m1/s1. The summed E-state index contributed by atoms with van der Waals surface area (Å²) in [4.78, 5) is 2.58. The van der Waals surface area contributed by atoms with Crippen molar-refractivity contribution in [3.8, 4) is 0 Å². The molecule has 0 saturated heterocycles. The molecule has 2 rings (SSSR count). The Bertz CT molecular complexity index is 627. The molecule has 0 radical (unpaired) electrons. The van der Waals surface area contributed by atoms with E-state index in [4.69, 9.17) is 0 Å². The zero-order chi connectivity index (χ0) is 19.3. The molecule has 2 heteroatoms. The smallest absolute Gasteiger partial charge is 0.0802 e. The summed E-state index contributed by atoms with van der Waals surface area (Å²) in [5.41, 5.74) is 1.05. The third-order valence-electron chi connectivity index (χ3n) is 5.53. The number of benzene rings is 2. The number of aliphatic hydroxyl groups is 1. The van der Waals surface area contributed by atoms with Gasteiger partial charge in [0.15, 0.2) is 0 Å². The van der Waals surface area contributed by atoms with Gasteiger partial charge in [0.05, 0.1) is 6.10 Å². The summed E-state index contributed by atoms with van der Waals surface area (Å²) >= 11 is 0. The Morgan fingerprint density at radius 1 is 0.741 bits per heavy atom. The van der Waals surface area contributed by atoms with Crippen LogP contribution in [0.3, 0.4) is 0 Å². The third-order valence-corrected chi connectivity index (χ3v) is 5.53. The minimum atomic E-state index is -0.372. The monoisotopic (exact) mass is 369 g/mol. The van der Waals surface area contributed by atoms with Gasteiger partial charge < -0.3 is 10.0 Å². The van der Waals surface area contributed by atoms with Gasteiger partial charge in [0.1, 0.15) is 0 Å². The molecule has 0 spiro atoms. The highest BCUT2D eigenvalue weighted by Gasteiger charge is 2.12. The molecule has 150 valence electrons. The molecule has 0 fully saturated rings. The number of unbranched alkanes of at least 4 members (excludes halogenated alkanes) is 6. The fraction of sp³-hybridized carbons (Fsp3) is 0.600. The maximum Gasteiger partial charge on any atom is 0.0802 e. The zero-order valence-electron chi connectivity index (χ0n) is 17.5. The molecular weight excluding hydrogens is 330 g/mol. The van der Waals surface area contributed by atoms with Gasteiger partial charge in [0, 0.05) is 6.54 Å². The lowest BCUT2D eigenvalue weighted by atomic mass is 10.0. The second kappa shape index (κ2) is 12.9. The quantitative estimate of drug-likeness (QED) is 0.373. The highest BCUT2D eigenvalue weighted by Crippen LogP contribution is 2.23. The van der Waals surface area contributed by atoms with E-state index in [0.29, 0.717) is 0 Å². The van der Waals surface area contributed by atoms with Gasteiger partial charge in [0.2, 0.25) is 0 Å². The van der Waals surface area contributed by atoms with Gasteiger partial charge in [-0.15, -0.1) is 0 Å². The van der Waals surface area contributed by atoms with Crippen LogP contribution in [0.4, 0.5) is 0 Å². The van der Waals surface area contributed by atoms with Crippen molar-refractivity contribution >= 4 is 10.8 Å². The van der Waals surface area contributed by atoms with Crippen LogP contribution in [0.2, 0.25) is 0 Å². The van der Waals surface area contributed by atoms with Crippen molar-refractivity contribution in [1.82, 2.24) is 4.90 Å². The lowest BCUT2D eigenvalue weighted by molar-refractivity contribution is 0.140.